The molecular weight excluding hydrogens is 354 g/mol. The van der Waals surface area contributed by atoms with E-state index in [2.05, 4.69) is 51.9 Å². The number of rotatable bonds is 5. The molecule has 0 aliphatic heterocycles. The quantitative estimate of drug-likeness (QED) is 0.495. The number of fused-ring (bicyclic) bond motifs is 1. The number of nitrogens with zero attached hydrogens (tertiary/aromatic N) is 2. The zero-order chi connectivity index (χ0) is 18.8. The van der Waals surface area contributed by atoms with Crippen molar-refractivity contribution in [3.63, 3.8) is 0 Å². The number of benzene rings is 2. The molecule has 0 aliphatic carbocycles. The Morgan fingerprint density at radius 2 is 1.70 bits per heavy atom. The third kappa shape index (κ3) is 3.78. The topological polar surface area (TPSA) is 58.0 Å². The van der Waals surface area contributed by atoms with Crippen LogP contribution in [0, 0.1) is 13.8 Å². The molecule has 0 radical (unpaired) electrons. The molecule has 0 unspecified atom stereocenters. The van der Waals surface area contributed by atoms with Crippen LogP contribution in [-0.4, -0.2) is 21.6 Å². The first-order valence-corrected chi connectivity index (χ1v) is 9.83. The van der Waals surface area contributed by atoms with Crippen LogP contribution in [0.15, 0.2) is 53.9 Å². The molecule has 2 aromatic carbocycles. The van der Waals surface area contributed by atoms with Crippen LogP contribution in [0.1, 0.15) is 17.0 Å². The minimum Gasteiger partial charge on any atom is -0.508 e. The molecule has 0 bridgehead atoms. The number of aryl methyl sites for hydroxylation is 2. The van der Waals surface area contributed by atoms with E-state index in [1.54, 1.807) is 23.5 Å². The number of hydrogen-bond donors (Lipinski definition) is 2. The van der Waals surface area contributed by atoms with Gasteiger partial charge in [0.05, 0.1) is 5.39 Å². The van der Waals surface area contributed by atoms with E-state index in [9.17, 15) is 5.11 Å². The maximum Gasteiger partial charge on any atom is 0.139 e. The first kappa shape index (κ1) is 17.5. The maximum atomic E-state index is 9.41. The number of hydrogen-bond acceptors (Lipinski definition) is 5. The van der Waals surface area contributed by atoms with Crippen molar-refractivity contribution in [1.82, 2.24) is 9.97 Å². The average Bonchev–Trinajstić information content (AvgIpc) is 3.08. The minimum atomic E-state index is 0.292. The lowest BCUT2D eigenvalue weighted by Gasteiger charge is -2.10. The van der Waals surface area contributed by atoms with Crippen LogP contribution in [0.5, 0.6) is 5.75 Å². The predicted molar refractivity (Wildman–Crippen MR) is 113 cm³/mol. The van der Waals surface area contributed by atoms with Gasteiger partial charge in [-0.2, -0.15) is 0 Å². The van der Waals surface area contributed by atoms with Gasteiger partial charge in [-0.25, -0.2) is 9.97 Å². The molecule has 0 spiro atoms. The van der Waals surface area contributed by atoms with Crippen LogP contribution >= 0.6 is 11.3 Å². The van der Waals surface area contributed by atoms with Crippen molar-refractivity contribution in [3.8, 4) is 16.9 Å². The zero-order valence-electron chi connectivity index (χ0n) is 15.4. The standard InChI is InChI=1S/C22H21N3OS/c1-14-3-7-17(8-4-14)19-13-27-22-20(19)21(24-15(2)25-22)23-12-11-16-5-9-18(26)10-6-16/h3-10,13,26H,11-12H2,1-2H3,(H,23,24,25). The first-order chi connectivity index (χ1) is 13.1. The van der Waals surface area contributed by atoms with Crippen LogP contribution < -0.4 is 5.32 Å². The Morgan fingerprint density at radius 1 is 0.963 bits per heavy atom. The second-order valence-electron chi connectivity index (χ2n) is 6.66. The van der Waals surface area contributed by atoms with E-state index in [0.717, 1.165) is 34.8 Å². The smallest absolute Gasteiger partial charge is 0.139 e. The van der Waals surface area contributed by atoms with Gasteiger partial charge < -0.3 is 10.4 Å². The average molecular weight is 375 g/mol. The van der Waals surface area contributed by atoms with Gasteiger partial charge in [0.25, 0.3) is 0 Å². The number of phenols is 1. The molecule has 0 fully saturated rings. The summed E-state index contributed by atoms with van der Waals surface area (Å²) in [5.74, 6) is 1.95. The molecule has 0 saturated carbocycles. The Balaban J connectivity index is 1.63. The molecule has 2 heterocycles. The SMILES string of the molecule is Cc1ccc(-c2csc3nc(C)nc(NCCc4ccc(O)cc4)c23)cc1. The Kier molecular flexibility index (Phi) is 4.77. The van der Waals surface area contributed by atoms with Gasteiger partial charge in [0.15, 0.2) is 0 Å². The van der Waals surface area contributed by atoms with Gasteiger partial charge in [-0.15, -0.1) is 11.3 Å². The number of phenolic OH excluding ortho intramolecular Hbond substituents is 1. The van der Waals surface area contributed by atoms with Crippen LogP contribution in [0.4, 0.5) is 5.82 Å². The molecule has 4 aromatic rings. The van der Waals surface area contributed by atoms with Crippen molar-refractivity contribution in [2.75, 3.05) is 11.9 Å². The van der Waals surface area contributed by atoms with E-state index in [0.29, 0.717) is 5.75 Å². The Bertz CT molecular complexity index is 1070. The third-order valence-corrected chi connectivity index (χ3v) is 5.42. The van der Waals surface area contributed by atoms with Crippen molar-refractivity contribution in [3.05, 3.63) is 70.9 Å². The molecule has 4 nitrogen and oxygen atoms in total. The molecule has 2 aromatic heterocycles. The molecule has 136 valence electrons. The highest BCUT2D eigenvalue weighted by Gasteiger charge is 2.14. The maximum absolute atomic E-state index is 9.41. The lowest BCUT2D eigenvalue weighted by atomic mass is 10.0. The van der Waals surface area contributed by atoms with Gasteiger partial charge >= 0.3 is 0 Å². The van der Waals surface area contributed by atoms with Crippen molar-refractivity contribution >= 4 is 27.4 Å². The highest BCUT2D eigenvalue weighted by atomic mass is 32.1. The summed E-state index contributed by atoms with van der Waals surface area (Å²) < 4.78 is 0. The number of aromatic nitrogens is 2. The molecule has 0 atom stereocenters. The molecular formula is C22H21N3OS. The summed E-state index contributed by atoms with van der Waals surface area (Å²) in [6, 6.07) is 15.9. The Labute approximate surface area is 162 Å². The lowest BCUT2D eigenvalue weighted by molar-refractivity contribution is 0.475. The summed E-state index contributed by atoms with van der Waals surface area (Å²) in [5.41, 5.74) is 4.77. The van der Waals surface area contributed by atoms with Crippen LogP contribution in [0.3, 0.4) is 0 Å². The minimum absolute atomic E-state index is 0.292. The molecule has 0 amide bonds. The fourth-order valence-electron chi connectivity index (χ4n) is 3.11. The van der Waals surface area contributed by atoms with E-state index in [1.165, 1.54) is 22.3 Å². The Hall–Kier alpha value is -2.92. The van der Waals surface area contributed by atoms with E-state index in [1.807, 2.05) is 19.1 Å². The molecule has 5 heteroatoms. The fourth-order valence-corrected chi connectivity index (χ4v) is 4.10. The summed E-state index contributed by atoms with van der Waals surface area (Å²) in [6.45, 7) is 4.79. The number of aromatic hydroxyl groups is 1. The molecule has 27 heavy (non-hydrogen) atoms. The van der Waals surface area contributed by atoms with Crippen molar-refractivity contribution in [2.24, 2.45) is 0 Å². The van der Waals surface area contributed by atoms with Crippen LogP contribution in [-0.2, 0) is 6.42 Å². The van der Waals surface area contributed by atoms with Crippen LogP contribution in [0.2, 0.25) is 0 Å². The third-order valence-electron chi connectivity index (χ3n) is 4.55. The van der Waals surface area contributed by atoms with E-state index < -0.39 is 0 Å². The van der Waals surface area contributed by atoms with E-state index in [4.69, 9.17) is 0 Å². The van der Waals surface area contributed by atoms with Gasteiger partial charge in [-0.05, 0) is 43.5 Å². The van der Waals surface area contributed by atoms with Crippen molar-refractivity contribution < 1.29 is 5.11 Å². The van der Waals surface area contributed by atoms with E-state index in [-0.39, 0.29) is 0 Å². The lowest BCUT2D eigenvalue weighted by Crippen LogP contribution is -2.08. The summed E-state index contributed by atoms with van der Waals surface area (Å²) in [4.78, 5) is 10.3. The molecule has 0 aliphatic rings. The highest BCUT2D eigenvalue weighted by Crippen LogP contribution is 2.37. The largest absolute Gasteiger partial charge is 0.508 e. The summed E-state index contributed by atoms with van der Waals surface area (Å²) in [7, 11) is 0. The van der Waals surface area contributed by atoms with Gasteiger partial charge in [0, 0.05) is 17.5 Å². The van der Waals surface area contributed by atoms with Crippen molar-refractivity contribution in [1.29, 1.82) is 0 Å². The zero-order valence-corrected chi connectivity index (χ0v) is 16.2. The molecule has 0 saturated heterocycles. The fraction of sp³-hybridized carbons (Fsp3) is 0.182. The monoisotopic (exact) mass is 375 g/mol. The van der Waals surface area contributed by atoms with E-state index >= 15 is 0 Å². The van der Waals surface area contributed by atoms with Crippen LogP contribution in [0.25, 0.3) is 21.3 Å². The van der Waals surface area contributed by atoms with Gasteiger partial charge in [0.1, 0.15) is 22.2 Å². The molecule has 2 N–H and O–H groups in total. The number of nitrogens with one attached hydrogen (secondary N) is 1. The second-order valence-corrected chi connectivity index (χ2v) is 7.52. The van der Waals surface area contributed by atoms with Gasteiger partial charge in [-0.3, -0.25) is 0 Å². The summed E-state index contributed by atoms with van der Waals surface area (Å²) >= 11 is 1.65. The Morgan fingerprint density at radius 3 is 2.44 bits per heavy atom. The number of thiophene rings is 1. The normalized spacial score (nSPS) is 11.0. The predicted octanol–water partition coefficient (Wildman–Crippen LogP) is 5.34. The first-order valence-electron chi connectivity index (χ1n) is 8.95. The van der Waals surface area contributed by atoms with Gasteiger partial charge in [-0.1, -0.05) is 42.0 Å². The van der Waals surface area contributed by atoms with Gasteiger partial charge in [0.2, 0.25) is 0 Å². The second kappa shape index (κ2) is 7.37. The summed E-state index contributed by atoms with van der Waals surface area (Å²) in [6.07, 6.45) is 0.856. The highest BCUT2D eigenvalue weighted by molar-refractivity contribution is 7.17. The molecule has 4 rings (SSSR count). The van der Waals surface area contributed by atoms with Crippen molar-refractivity contribution in [2.45, 2.75) is 20.3 Å². The number of anilines is 1. The summed E-state index contributed by atoms with van der Waals surface area (Å²) in [5, 5.41) is 16.1.